The van der Waals surface area contributed by atoms with Crippen molar-refractivity contribution in [1.29, 1.82) is 0 Å². The number of hydrogen-bond acceptors (Lipinski definition) is 7. The van der Waals surface area contributed by atoms with Crippen LogP contribution in [0.15, 0.2) is 48.5 Å². The highest BCUT2D eigenvalue weighted by Gasteiger charge is 2.37. The minimum Gasteiger partial charge on any atom is -0.378 e. The van der Waals surface area contributed by atoms with Crippen molar-refractivity contribution < 1.29 is 27.5 Å². The molecule has 0 unspecified atom stereocenters. The molecule has 2 aromatic rings. The molecule has 2 aliphatic heterocycles. The van der Waals surface area contributed by atoms with Gasteiger partial charge in [-0.3, -0.25) is 14.4 Å². The van der Waals surface area contributed by atoms with Crippen LogP contribution in [0.25, 0.3) is 0 Å². The highest BCUT2D eigenvalue weighted by atomic mass is 35.5. The summed E-state index contributed by atoms with van der Waals surface area (Å²) in [5, 5.41) is 0.570. The molecule has 2 N–H and O–H groups in total. The standard InChI is InChI=1S/C32H42ClN3O6S/c33-28-12-9-26(21-34)25(20-28)10-13-30(37)29-8-4-5-15-36(29)32(39)27(11-14-31(38)35-16-18-42-19-17-35)23-43(40,41)22-24-6-2-1-3-7-24/h1-3,6-7,9,12,20,27,29H,4-5,8,10-11,13-19,21-23,34H2/t27-,29-/m0/s1. The number of ether oxygens (including phenoxy) is 1. The lowest BCUT2D eigenvalue weighted by Gasteiger charge is -2.37. The summed E-state index contributed by atoms with van der Waals surface area (Å²) in [6.07, 6.45) is 2.89. The summed E-state index contributed by atoms with van der Waals surface area (Å²) >= 11 is 6.18. The highest BCUT2D eigenvalue weighted by molar-refractivity contribution is 7.90. The van der Waals surface area contributed by atoms with Gasteiger partial charge in [0.15, 0.2) is 15.6 Å². The Bertz CT molecular complexity index is 1360. The van der Waals surface area contributed by atoms with Gasteiger partial charge < -0.3 is 20.3 Å². The van der Waals surface area contributed by atoms with Crippen LogP contribution in [0.3, 0.4) is 0 Å². The fraction of sp³-hybridized carbons (Fsp3) is 0.531. The number of nitrogens with zero attached hydrogens (tertiary/aromatic N) is 2. The fourth-order valence-electron chi connectivity index (χ4n) is 5.96. The van der Waals surface area contributed by atoms with Gasteiger partial charge in [-0.15, -0.1) is 0 Å². The summed E-state index contributed by atoms with van der Waals surface area (Å²) < 4.78 is 32.0. The largest absolute Gasteiger partial charge is 0.378 e. The molecule has 0 bridgehead atoms. The van der Waals surface area contributed by atoms with Gasteiger partial charge in [0.05, 0.1) is 36.7 Å². The number of piperidine rings is 1. The molecular formula is C32H42ClN3O6S. The molecule has 43 heavy (non-hydrogen) atoms. The van der Waals surface area contributed by atoms with Crippen LogP contribution in [0.1, 0.15) is 55.2 Å². The van der Waals surface area contributed by atoms with Crippen molar-refractivity contribution in [3.63, 3.8) is 0 Å². The molecule has 2 heterocycles. The number of amides is 2. The van der Waals surface area contributed by atoms with E-state index >= 15 is 0 Å². The van der Waals surface area contributed by atoms with E-state index < -0.39 is 21.8 Å². The molecule has 4 rings (SSSR count). The van der Waals surface area contributed by atoms with Gasteiger partial charge in [-0.05, 0) is 60.9 Å². The van der Waals surface area contributed by atoms with Crippen LogP contribution in [0, 0.1) is 5.92 Å². The first-order valence-corrected chi connectivity index (χ1v) is 17.3. The lowest BCUT2D eigenvalue weighted by atomic mass is 9.92. The van der Waals surface area contributed by atoms with Crippen molar-refractivity contribution in [2.24, 2.45) is 11.7 Å². The van der Waals surface area contributed by atoms with Crippen molar-refractivity contribution in [2.45, 2.75) is 63.3 Å². The molecule has 2 aromatic carbocycles. The Hall–Kier alpha value is -2.79. The van der Waals surface area contributed by atoms with Gasteiger partial charge in [-0.1, -0.05) is 48.0 Å². The number of halogens is 1. The first-order chi connectivity index (χ1) is 20.7. The monoisotopic (exact) mass is 631 g/mol. The molecule has 234 valence electrons. The number of aryl methyl sites for hydroxylation is 1. The topological polar surface area (TPSA) is 127 Å². The molecular weight excluding hydrogens is 590 g/mol. The van der Waals surface area contributed by atoms with E-state index in [0.717, 1.165) is 24.0 Å². The number of likely N-dealkylation sites (tertiary alicyclic amines) is 1. The Morgan fingerprint density at radius 3 is 2.44 bits per heavy atom. The smallest absolute Gasteiger partial charge is 0.227 e. The van der Waals surface area contributed by atoms with Crippen molar-refractivity contribution in [3.8, 4) is 0 Å². The molecule has 9 nitrogen and oxygen atoms in total. The minimum atomic E-state index is -3.69. The number of hydrogen-bond donors (Lipinski definition) is 1. The molecule has 0 radical (unpaired) electrons. The van der Waals surface area contributed by atoms with Crippen LogP contribution in [-0.4, -0.2) is 80.5 Å². The van der Waals surface area contributed by atoms with Crippen LogP contribution < -0.4 is 5.73 Å². The van der Waals surface area contributed by atoms with E-state index in [1.807, 2.05) is 18.2 Å². The highest BCUT2D eigenvalue weighted by Crippen LogP contribution is 2.26. The third kappa shape index (κ3) is 9.60. The second-order valence-corrected chi connectivity index (χ2v) is 13.9. The van der Waals surface area contributed by atoms with Gasteiger partial charge in [-0.2, -0.15) is 0 Å². The van der Waals surface area contributed by atoms with E-state index in [9.17, 15) is 22.8 Å². The summed E-state index contributed by atoms with van der Waals surface area (Å²) in [5.74, 6) is -2.05. The average Bonchev–Trinajstić information content (AvgIpc) is 3.02. The number of morpholine rings is 1. The van der Waals surface area contributed by atoms with Crippen molar-refractivity contribution in [3.05, 3.63) is 70.2 Å². The first kappa shape index (κ1) is 33.1. The maximum atomic E-state index is 14.1. The maximum Gasteiger partial charge on any atom is 0.227 e. The number of Topliss-reactive ketones (excluding diaryl/α,β-unsaturated/α-hetero) is 1. The molecule has 2 amide bonds. The molecule has 0 aromatic heterocycles. The third-order valence-corrected chi connectivity index (χ3v) is 10.2. The zero-order chi connectivity index (χ0) is 30.8. The van der Waals surface area contributed by atoms with Crippen molar-refractivity contribution >= 4 is 39.0 Å². The second-order valence-electron chi connectivity index (χ2n) is 11.4. The van der Waals surface area contributed by atoms with E-state index in [1.54, 1.807) is 40.1 Å². The zero-order valence-electron chi connectivity index (χ0n) is 24.6. The first-order valence-electron chi connectivity index (χ1n) is 15.1. The number of benzene rings is 2. The SMILES string of the molecule is NCc1ccc(Cl)cc1CCC(=O)[C@@H]1CCCCN1C(=O)[C@@H](CCC(=O)N1CCOCC1)CS(=O)(=O)Cc1ccccc1. The molecule has 0 spiro atoms. The second kappa shape index (κ2) is 15.8. The fourth-order valence-corrected chi connectivity index (χ4v) is 7.89. The Kier molecular flexibility index (Phi) is 12.2. The molecule has 0 aliphatic carbocycles. The summed E-state index contributed by atoms with van der Waals surface area (Å²) in [6, 6.07) is 13.7. The van der Waals surface area contributed by atoms with E-state index in [2.05, 4.69) is 0 Å². The number of carbonyl (C=O) groups is 3. The van der Waals surface area contributed by atoms with E-state index in [0.29, 0.717) is 62.8 Å². The maximum absolute atomic E-state index is 14.1. The third-order valence-electron chi connectivity index (χ3n) is 8.29. The van der Waals surface area contributed by atoms with E-state index in [-0.39, 0.29) is 48.4 Å². The summed E-state index contributed by atoms with van der Waals surface area (Å²) in [5.41, 5.74) is 8.34. The number of carbonyl (C=O) groups excluding carboxylic acids is 3. The Labute approximate surface area is 259 Å². The number of sulfone groups is 1. The van der Waals surface area contributed by atoms with Crippen LogP contribution in [0.2, 0.25) is 5.02 Å². The Morgan fingerprint density at radius 2 is 1.72 bits per heavy atom. The number of ketones is 1. The molecule has 2 saturated heterocycles. The summed E-state index contributed by atoms with van der Waals surface area (Å²) in [6.45, 7) is 2.58. The minimum absolute atomic E-state index is 0.0559. The predicted molar refractivity (Wildman–Crippen MR) is 166 cm³/mol. The summed E-state index contributed by atoms with van der Waals surface area (Å²) in [4.78, 5) is 43.9. The Morgan fingerprint density at radius 1 is 0.977 bits per heavy atom. The lowest BCUT2D eigenvalue weighted by molar-refractivity contribution is -0.145. The Balaban J connectivity index is 1.49. The van der Waals surface area contributed by atoms with Gasteiger partial charge >= 0.3 is 0 Å². The van der Waals surface area contributed by atoms with Crippen LogP contribution >= 0.6 is 11.6 Å². The van der Waals surface area contributed by atoms with Gasteiger partial charge in [0.2, 0.25) is 11.8 Å². The molecule has 11 heteroatoms. The van der Waals surface area contributed by atoms with Crippen LogP contribution in [0.5, 0.6) is 0 Å². The number of nitrogens with two attached hydrogens (primary N) is 1. The van der Waals surface area contributed by atoms with Crippen LogP contribution in [0.4, 0.5) is 0 Å². The normalized spacial score (nSPS) is 18.3. The van der Waals surface area contributed by atoms with Crippen molar-refractivity contribution in [1.82, 2.24) is 9.80 Å². The zero-order valence-corrected chi connectivity index (χ0v) is 26.2. The van der Waals surface area contributed by atoms with Gasteiger partial charge in [0.25, 0.3) is 0 Å². The van der Waals surface area contributed by atoms with Crippen molar-refractivity contribution in [2.75, 3.05) is 38.6 Å². The quantitative estimate of drug-likeness (QED) is 0.358. The van der Waals surface area contributed by atoms with Gasteiger partial charge in [0, 0.05) is 44.0 Å². The lowest BCUT2D eigenvalue weighted by Crippen LogP contribution is -2.51. The van der Waals surface area contributed by atoms with Crippen LogP contribution in [-0.2, 0) is 47.7 Å². The average molecular weight is 632 g/mol. The molecule has 2 fully saturated rings. The number of rotatable bonds is 13. The molecule has 2 aliphatic rings. The predicted octanol–water partition coefficient (Wildman–Crippen LogP) is 3.55. The molecule has 2 atom stereocenters. The van der Waals surface area contributed by atoms with Gasteiger partial charge in [0.1, 0.15) is 0 Å². The summed E-state index contributed by atoms with van der Waals surface area (Å²) in [7, 11) is -3.69. The molecule has 0 saturated carbocycles. The van der Waals surface area contributed by atoms with E-state index in [1.165, 1.54) is 0 Å². The van der Waals surface area contributed by atoms with E-state index in [4.69, 9.17) is 22.1 Å². The van der Waals surface area contributed by atoms with Gasteiger partial charge in [-0.25, -0.2) is 8.42 Å².